The summed E-state index contributed by atoms with van der Waals surface area (Å²) in [6.45, 7) is 3.84. The van der Waals surface area contributed by atoms with Gasteiger partial charge in [-0.3, -0.25) is 4.99 Å². The molecule has 0 atom stereocenters. The third-order valence-corrected chi connectivity index (χ3v) is 5.24. The van der Waals surface area contributed by atoms with Crippen LogP contribution in [0.2, 0.25) is 5.02 Å². The number of nitrogens with zero attached hydrogens (tertiary/aromatic N) is 2. The van der Waals surface area contributed by atoms with Crippen molar-refractivity contribution < 1.29 is 9.13 Å². The molecule has 0 amide bonds. The first kappa shape index (κ1) is 19.5. The predicted octanol–water partition coefficient (Wildman–Crippen LogP) is 6.93. The van der Waals surface area contributed by atoms with E-state index in [2.05, 4.69) is 9.89 Å². The largest absolute Gasteiger partial charge is 0.457 e. The summed E-state index contributed by atoms with van der Waals surface area (Å²) in [5, 5.41) is 0.627. The molecule has 0 saturated carbocycles. The van der Waals surface area contributed by atoms with Gasteiger partial charge in [0.1, 0.15) is 17.3 Å². The molecule has 5 heteroatoms. The Morgan fingerprint density at radius 3 is 2.48 bits per heavy atom. The highest BCUT2D eigenvalue weighted by molar-refractivity contribution is 6.30. The number of anilines is 1. The van der Waals surface area contributed by atoms with E-state index < -0.39 is 0 Å². The Labute approximate surface area is 175 Å². The first-order valence-electron chi connectivity index (χ1n) is 9.71. The van der Waals surface area contributed by atoms with Crippen molar-refractivity contribution in [1.82, 2.24) is 0 Å². The van der Waals surface area contributed by atoms with Gasteiger partial charge in [-0.2, -0.15) is 0 Å². The van der Waals surface area contributed by atoms with Crippen molar-refractivity contribution in [3.05, 3.63) is 82.6 Å². The SMILES string of the molecule is Cc1cc(N2CCCC2)c(F)cc1C=Nc1ccc(Oc2cccc(Cl)c2)cc1. The molecule has 1 aliphatic rings. The fraction of sp³-hybridized carbons (Fsp3) is 0.208. The van der Waals surface area contributed by atoms with E-state index in [9.17, 15) is 4.39 Å². The maximum absolute atomic E-state index is 14.6. The summed E-state index contributed by atoms with van der Waals surface area (Å²) in [6, 6.07) is 18.2. The smallest absolute Gasteiger partial charge is 0.147 e. The van der Waals surface area contributed by atoms with Gasteiger partial charge in [0.05, 0.1) is 11.4 Å². The summed E-state index contributed by atoms with van der Waals surface area (Å²) >= 11 is 5.98. The fourth-order valence-electron chi connectivity index (χ4n) is 3.43. The summed E-state index contributed by atoms with van der Waals surface area (Å²) in [7, 11) is 0. The lowest BCUT2D eigenvalue weighted by molar-refractivity contribution is 0.483. The second kappa shape index (κ2) is 8.66. The summed E-state index contributed by atoms with van der Waals surface area (Å²) < 4.78 is 20.3. The predicted molar refractivity (Wildman–Crippen MR) is 118 cm³/mol. The van der Waals surface area contributed by atoms with Crippen LogP contribution in [0.5, 0.6) is 11.5 Å². The Bertz CT molecular complexity index is 1030. The van der Waals surface area contributed by atoms with Gasteiger partial charge in [-0.25, -0.2) is 4.39 Å². The standard InChI is InChI=1S/C24H22ClFN2O/c1-17-13-24(28-11-2-3-12-28)23(26)14-18(17)16-27-20-7-9-21(10-8-20)29-22-6-4-5-19(25)15-22/h4-10,13-16H,2-3,11-12H2,1H3. The van der Waals surface area contributed by atoms with Gasteiger partial charge in [-0.1, -0.05) is 17.7 Å². The topological polar surface area (TPSA) is 24.8 Å². The molecular formula is C24H22ClFN2O. The monoisotopic (exact) mass is 408 g/mol. The molecule has 0 spiro atoms. The van der Waals surface area contributed by atoms with Crippen LogP contribution in [0.15, 0.2) is 65.7 Å². The number of halogens is 2. The van der Waals surface area contributed by atoms with E-state index >= 15 is 0 Å². The molecule has 4 rings (SSSR count). The second-order valence-corrected chi connectivity index (χ2v) is 7.60. The molecule has 29 heavy (non-hydrogen) atoms. The molecule has 1 fully saturated rings. The lowest BCUT2D eigenvalue weighted by atomic mass is 10.1. The van der Waals surface area contributed by atoms with Gasteiger partial charge < -0.3 is 9.64 Å². The van der Waals surface area contributed by atoms with Crippen molar-refractivity contribution in [3.8, 4) is 11.5 Å². The van der Waals surface area contributed by atoms with Crippen LogP contribution in [0.3, 0.4) is 0 Å². The molecule has 3 aromatic rings. The van der Waals surface area contributed by atoms with Gasteiger partial charge in [0.2, 0.25) is 0 Å². The summed E-state index contributed by atoms with van der Waals surface area (Å²) in [5.41, 5.74) is 3.26. The second-order valence-electron chi connectivity index (χ2n) is 7.17. The van der Waals surface area contributed by atoms with Crippen molar-refractivity contribution in [3.63, 3.8) is 0 Å². The van der Waals surface area contributed by atoms with Crippen LogP contribution < -0.4 is 9.64 Å². The lowest BCUT2D eigenvalue weighted by Crippen LogP contribution is -2.19. The van der Waals surface area contributed by atoms with Gasteiger partial charge in [0, 0.05) is 24.3 Å². The van der Waals surface area contributed by atoms with Crippen molar-refractivity contribution in [2.75, 3.05) is 18.0 Å². The minimum atomic E-state index is -0.191. The Kier molecular flexibility index (Phi) is 5.81. The minimum Gasteiger partial charge on any atom is -0.457 e. The normalized spacial score (nSPS) is 14.0. The van der Waals surface area contributed by atoms with Crippen molar-refractivity contribution >= 4 is 29.2 Å². The highest BCUT2D eigenvalue weighted by Crippen LogP contribution is 2.28. The van der Waals surface area contributed by atoms with E-state index in [-0.39, 0.29) is 5.82 Å². The molecule has 1 saturated heterocycles. The Morgan fingerprint density at radius 1 is 1.00 bits per heavy atom. The van der Waals surface area contributed by atoms with Crippen LogP contribution in [0.25, 0.3) is 0 Å². The molecule has 0 radical (unpaired) electrons. The van der Waals surface area contributed by atoms with E-state index in [1.54, 1.807) is 24.4 Å². The quantitative estimate of drug-likeness (QED) is 0.427. The molecule has 0 aliphatic carbocycles. The Hall–Kier alpha value is -2.85. The van der Waals surface area contributed by atoms with Crippen molar-refractivity contribution in [2.24, 2.45) is 4.99 Å². The van der Waals surface area contributed by atoms with Gasteiger partial charge in [0.15, 0.2) is 0 Å². The summed E-state index contributed by atoms with van der Waals surface area (Å²) in [6.07, 6.45) is 3.95. The molecular weight excluding hydrogens is 387 g/mol. The Morgan fingerprint density at radius 2 is 1.76 bits per heavy atom. The number of ether oxygens (including phenoxy) is 1. The zero-order chi connectivity index (χ0) is 20.2. The molecule has 0 bridgehead atoms. The van der Waals surface area contributed by atoms with Gasteiger partial charge >= 0.3 is 0 Å². The number of aliphatic imine (C=N–C) groups is 1. The summed E-state index contributed by atoms with van der Waals surface area (Å²) in [4.78, 5) is 6.60. The van der Waals surface area contributed by atoms with Gasteiger partial charge in [-0.05, 0) is 85.5 Å². The van der Waals surface area contributed by atoms with E-state index in [1.165, 1.54) is 0 Å². The number of rotatable bonds is 5. The third kappa shape index (κ3) is 4.77. The average molecular weight is 409 g/mol. The maximum Gasteiger partial charge on any atom is 0.147 e. The number of aryl methyl sites for hydroxylation is 1. The van der Waals surface area contributed by atoms with Crippen LogP contribution in [-0.2, 0) is 0 Å². The van der Waals surface area contributed by atoms with E-state index in [1.807, 2.05) is 49.4 Å². The number of benzene rings is 3. The number of hydrogen-bond donors (Lipinski definition) is 0. The maximum atomic E-state index is 14.6. The van der Waals surface area contributed by atoms with Crippen LogP contribution in [0, 0.1) is 12.7 Å². The van der Waals surface area contributed by atoms with E-state index in [4.69, 9.17) is 16.3 Å². The lowest BCUT2D eigenvalue weighted by Gasteiger charge is -2.19. The molecule has 1 heterocycles. The van der Waals surface area contributed by atoms with Gasteiger partial charge in [-0.15, -0.1) is 0 Å². The van der Waals surface area contributed by atoms with Crippen molar-refractivity contribution in [2.45, 2.75) is 19.8 Å². The Balaban J connectivity index is 1.46. The molecule has 148 valence electrons. The molecule has 0 unspecified atom stereocenters. The molecule has 0 aromatic heterocycles. The van der Waals surface area contributed by atoms with Crippen LogP contribution in [0.1, 0.15) is 24.0 Å². The molecule has 3 aromatic carbocycles. The first-order valence-corrected chi connectivity index (χ1v) is 10.1. The van der Waals surface area contributed by atoms with Crippen LogP contribution in [-0.4, -0.2) is 19.3 Å². The van der Waals surface area contributed by atoms with Crippen molar-refractivity contribution in [1.29, 1.82) is 0 Å². The molecule has 0 N–H and O–H groups in total. The average Bonchev–Trinajstić information content (AvgIpc) is 3.24. The van der Waals surface area contributed by atoms with Crippen LogP contribution >= 0.6 is 11.6 Å². The van der Waals surface area contributed by atoms with Gasteiger partial charge in [0.25, 0.3) is 0 Å². The van der Waals surface area contributed by atoms with Crippen LogP contribution in [0.4, 0.5) is 15.8 Å². The highest BCUT2D eigenvalue weighted by atomic mass is 35.5. The summed E-state index contributed by atoms with van der Waals surface area (Å²) in [5.74, 6) is 1.19. The zero-order valence-electron chi connectivity index (χ0n) is 16.2. The first-order chi connectivity index (χ1) is 14.1. The zero-order valence-corrected chi connectivity index (χ0v) is 17.0. The fourth-order valence-corrected chi connectivity index (χ4v) is 3.61. The highest BCUT2D eigenvalue weighted by Gasteiger charge is 2.17. The van der Waals surface area contributed by atoms with E-state index in [0.29, 0.717) is 22.2 Å². The number of hydrogen-bond acceptors (Lipinski definition) is 3. The minimum absolute atomic E-state index is 0.191. The molecule has 1 aliphatic heterocycles. The van der Waals surface area contributed by atoms with E-state index in [0.717, 1.165) is 42.7 Å². The molecule has 3 nitrogen and oxygen atoms in total. The third-order valence-electron chi connectivity index (χ3n) is 5.00.